The largest absolute Gasteiger partial charge is 0.263 e. The van der Waals surface area contributed by atoms with Crippen molar-refractivity contribution >= 4 is 42.9 Å². The predicted octanol–water partition coefficient (Wildman–Crippen LogP) is 1.83. The molecule has 17 heavy (non-hydrogen) atoms. The van der Waals surface area contributed by atoms with Crippen molar-refractivity contribution < 1.29 is 8.42 Å². The molecule has 0 fully saturated rings. The summed E-state index contributed by atoms with van der Waals surface area (Å²) in [5.41, 5.74) is 0. The molecule has 0 saturated carbocycles. The van der Waals surface area contributed by atoms with E-state index in [1.165, 1.54) is 11.8 Å². The van der Waals surface area contributed by atoms with Gasteiger partial charge in [-0.3, -0.25) is 9.71 Å². The van der Waals surface area contributed by atoms with E-state index in [1.54, 1.807) is 30.3 Å². The molecule has 1 aromatic rings. The second-order valence-corrected chi connectivity index (χ2v) is 7.08. The number of thioether (sulfide) groups is 1. The topological polar surface area (TPSA) is 58.5 Å². The number of rotatable bonds is 3. The smallest absolute Gasteiger partial charge is 0.261 e. The molecule has 1 N–H and O–H groups in total. The Labute approximate surface area is 113 Å². The lowest BCUT2D eigenvalue weighted by atomic mass is 10.4. The monoisotopic (exact) mass is 334 g/mol. The van der Waals surface area contributed by atoms with E-state index in [1.807, 2.05) is 0 Å². The van der Waals surface area contributed by atoms with Crippen LogP contribution in [0.4, 0.5) is 0 Å². The van der Waals surface area contributed by atoms with E-state index in [-0.39, 0.29) is 4.90 Å². The molecular formula is C10H11BrN2O2S2. The zero-order valence-corrected chi connectivity index (χ0v) is 12.1. The molecule has 4 nitrogen and oxygen atoms in total. The fourth-order valence-corrected chi connectivity index (χ4v) is 4.05. The average Bonchev–Trinajstić information content (AvgIpc) is 2.77. The number of sulfonamides is 1. The Hall–Kier alpha value is -0.530. The minimum Gasteiger partial charge on any atom is -0.261 e. The second-order valence-electron chi connectivity index (χ2n) is 3.46. The van der Waals surface area contributed by atoms with Gasteiger partial charge in [0.1, 0.15) is 0 Å². The minimum atomic E-state index is -3.49. The Morgan fingerprint density at radius 1 is 1.41 bits per heavy atom. The number of alkyl halides is 1. The molecule has 2 rings (SSSR count). The summed E-state index contributed by atoms with van der Waals surface area (Å²) in [5, 5.41) is 1.58. The first kappa shape index (κ1) is 12.9. The van der Waals surface area contributed by atoms with Crippen LogP contribution in [0, 0.1) is 0 Å². The normalized spacial score (nSPS) is 20.1. The molecule has 0 aliphatic carbocycles. The molecule has 1 heterocycles. The van der Waals surface area contributed by atoms with Crippen LogP contribution in [0.15, 0.2) is 40.2 Å². The first-order valence-electron chi connectivity index (χ1n) is 4.97. The second kappa shape index (κ2) is 5.41. The van der Waals surface area contributed by atoms with Crippen LogP contribution < -0.4 is 4.72 Å². The lowest BCUT2D eigenvalue weighted by Crippen LogP contribution is -2.27. The van der Waals surface area contributed by atoms with Gasteiger partial charge in [-0.25, -0.2) is 8.42 Å². The van der Waals surface area contributed by atoms with Crippen LogP contribution in [0.3, 0.4) is 0 Å². The highest BCUT2D eigenvalue weighted by atomic mass is 79.9. The molecule has 1 aromatic carbocycles. The zero-order valence-electron chi connectivity index (χ0n) is 8.84. The first-order valence-corrected chi connectivity index (χ1v) is 8.45. The Morgan fingerprint density at radius 3 is 2.71 bits per heavy atom. The van der Waals surface area contributed by atoms with E-state index >= 15 is 0 Å². The number of nitrogens with one attached hydrogen (secondary N) is 1. The van der Waals surface area contributed by atoms with Crippen molar-refractivity contribution in [3.8, 4) is 0 Å². The fourth-order valence-electron chi connectivity index (χ4n) is 1.33. The van der Waals surface area contributed by atoms with Crippen LogP contribution in [0.5, 0.6) is 0 Å². The standard InChI is InChI=1S/C10H11BrN2O2S2/c11-6-8-7-12-10(16-8)13-17(14,15)9-4-2-1-3-5-9/h1-5,8H,6-7H2,(H,12,13). The van der Waals surface area contributed by atoms with Crippen LogP contribution in [0.1, 0.15) is 0 Å². The van der Waals surface area contributed by atoms with Crippen molar-refractivity contribution in [1.29, 1.82) is 0 Å². The number of benzene rings is 1. The Bertz CT molecular complexity index is 516. The van der Waals surface area contributed by atoms with Gasteiger partial charge in [0, 0.05) is 10.6 Å². The summed E-state index contributed by atoms with van der Waals surface area (Å²) in [6.45, 7) is 0.641. The highest BCUT2D eigenvalue weighted by molar-refractivity contribution is 9.09. The van der Waals surface area contributed by atoms with Crippen LogP contribution >= 0.6 is 27.7 Å². The molecule has 0 aromatic heterocycles. The fraction of sp³-hybridized carbons (Fsp3) is 0.300. The van der Waals surface area contributed by atoms with E-state index in [9.17, 15) is 8.42 Å². The molecule has 1 unspecified atom stereocenters. The minimum absolute atomic E-state index is 0.255. The van der Waals surface area contributed by atoms with Gasteiger partial charge in [0.25, 0.3) is 10.0 Å². The number of amidine groups is 1. The molecule has 1 aliphatic rings. The molecule has 92 valence electrons. The van der Waals surface area contributed by atoms with Crippen molar-refractivity contribution in [1.82, 2.24) is 4.72 Å². The third kappa shape index (κ3) is 3.23. The van der Waals surface area contributed by atoms with E-state index in [2.05, 4.69) is 25.6 Å². The molecule has 1 atom stereocenters. The van der Waals surface area contributed by atoms with Gasteiger partial charge in [-0.2, -0.15) is 0 Å². The maximum atomic E-state index is 12.0. The van der Waals surface area contributed by atoms with Crippen LogP contribution in [-0.2, 0) is 10.0 Å². The summed E-state index contributed by atoms with van der Waals surface area (Å²) < 4.78 is 26.4. The molecule has 0 saturated heterocycles. The van der Waals surface area contributed by atoms with E-state index in [4.69, 9.17) is 0 Å². The number of halogens is 1. The van der Waals surface area contributed by atoms with Gasteiger partial charge in [0.05, 0.1) is 11.4 Å². The summed E-state index contributed by atoms with van der Waals surface area (Å²) in [7, 11) is -3.49. The van der Waals surface area contributed by atoms with Crippen molar-refractivity contribution in [3.63, 3.8) is 0 Å². The van der Waals surface area contributed by atoms with Gasteiger partial charge in [-0.1, -0.05) is 45.9 Å². The lowest BCUT2D eigenvalue weighted by molar-refractivity contribution is 0.593. The number of aliphatic imine (C=N–C) groups is 1. The molecule has 7 heteroatoms. The molecule has 0 bridgehead atoms. The van der Waals surface area contributed by atoms with Crippen LogP contribution in [-0.4, -0.2) is 30.7 Å². The SMILES string of the molecule is O=S(=O)(NC1=NCC(CBr)S1)c1ccccc1. The van der Waals surface area contributed by atoms with Crippen LogP contribution in [0.2, 0.25) is 0 Å². The summed E-state index contributed by atoms with van der Waals surface area (Å²) in [4.78, 5) is 4.41. The molecule has 1 aliphatic heterocycles. The Kier molecular flexibility index (Phi) is 4.11. The summed E-state index contributed by atoms with van der Waals surface area (Å²) >= 11 is 4.80. The summed E-state index contributed by atoms with van der Waals surface area (Å²) in [6.07, 6.45) is 0. The number of hydrogen-bond acceptors (Lipinski definition) is 4. The molecule has 0 radical (unpaired) electrons. The third-order valence-electron chi connectivity index (χ3n) is 2.16. The summed E-state index contributed by atoms with van der Waals surface area (Å²) in [6, 6.07) is 8.29. The lowest BCUT2D eigenvalue weighted by Gasteiger charge is -2.07. The van der Waals surface area contributed by atoms with Crippen molar-refractivity contribution in [2.75, 3.05) is 11.9 Å². The highest BCUT2D eigenvalue weighted by Crippen LogP contribution is 2.22. The Balaban J connectivity index is 2.10. The molecule has 0 spiro atoms. The van der Waals surface area contributed by atoms with Crippen LogP contribution in [0.25, 0.3) is 0 Å². The third-order valence-corrected chi connectivity index (χ3v) is 5.96. The van der Waals surface area contributed by atoms with Gasteiger partial charge >= 0.3 is 0 Å². The van der Waals surface area contributed by atoms with Gasteiger partial charge < -0.3 is 0 Å². The van der Waals surface area contributed by atoms with Gasteiger partial charge in [0.2, 0.25) is 0 Å². The zero-order chi connectivity index (χ0) is 12.3. The first-order chi connectivity index (χ1) is 8.12. The molecule has 0 amide bonds. The predicted molar refractivity (Wildman–Crippen MR) is 74.2 cm³/mol. The highest BCUT2D eigenvalue weighted by Gasteiger charge is 2.23. The van der Waals surface area contributed by atoms with Gasteiger partial charge in [-0.15, -0.1) is 0 Å². The van der Waals surface area contributed by atoms with Crippen molar-refractivity contribution in [2.45, 2.75) is 10.1 Å². The van der Waals surface area contributed by atoms with E-state index < -0.39 is 10.0 Å². The maximum Gasteiger partial charge on any atom is 0.263 e. The number of nitrogens with zero attached hydrogens (tertiary/aromatic N) is 1. The average molecular weight is 335 g/mol. The molecular weight excluding hydrogens is 324 g/mol. The van der Waals surface area contributed by atoms with E-state index in [0.29, 0.717) is 17.0 Å². The summed E-state index contributed by atoms with van der Waals surface area (Å²) in [5.74, 6) is 0. The van der Waals surface area contributed by atoms with Gasteiger partial charge in [0.15, 0.2) is 5.17 Å². The number of hydrogen-bond donors (Lipinski definition) is 1. The van der Waals surface area contributed by atoms with Crippen molar-refractivity contribution in [3.05, 3.63) is 30.3 Å². The quantitative estimate of drug-likeness (QED) is 0.858. The Morgan fingerprint density at radius 2 is 2.12 bits per heavy atom. The van der Waals surface area contributed by atoms with Gasteiger partial charge in [-0.05, 0) is 12.1 Å². The van der Waals surface area contributed by atoms with E-state index in [0.717, 1.165) is 5.33 Å². The van der Waals surface area contributed by atoms with Crippen molar-refractivity contribution in [2.24, 2.45) is 4.99 Å². The maximum absolute atomic E-state index is 12.0.